The quantitative estimate of drug-likeness (QED) is 0.791. The zero-order valence-electron chi connectivity index (χ0n) is 15.9. The van der Waals surface area contributed by atoms with Gasteiger partial charge < -0.3 is 9.84 Å². The summed E-state index contributed by atoms with van der Waals surface area (Å²) in [5, 5.41) is 18.3. The number of rotatable bonds is 2. The number of hydrogen-bond donors (Lipinski definition) is 2. The summed E-state index contributed by atoms with van der Waals surface area (Å²) in [4.78, 5) is 0. The number of nitrogens with zero attached hydrogens (tertiary/aromatic N) is 1. The van der Waals surface area contributed by atoms with Gasteiger partial charge >= 0.3 is 0 Å². The van der Waals surface area contributed by atoms with Crippen molar-refractivity contribution < 1.29 is 9.84 Å². The number of H-pyrrole nitrogens is 1. The Kier molecular flexibility index (Phi) is 5.03. The molecule has 2 aromatic rings. The average molecular weight is 342 g/mol. The number of ether oxygens (including phenoxy) is 1. The standard InChI is InChI=1S/C19H24N2O2.C2H6/c1-11-6-12(2)19(9-22)10-23-18(17(11)13(19)3)14-4-5-16-15(7-14)8-20-21-16;1-2/h4-8,12-13,17-18,22H,9-10H2,1-3H3,(H,20,21);1-2H3. The maximum absolute atomic E-state index is 10.1. The normalized spacial score (nSPS) is 34.2. The topological polar surface area (TPSA) is 58.1 Å². The predicted octanol–water partition coefficient (Wildman–Crippen LogP) is 4.49. The first-order chi connectivity index (χ1) is 12.1. The molecule has 2 heterocycles. The van der Waals surface area contributed by atoms with Gasteiger partial charge in [0.2, 0.25) is 0 Å². The molecule has 2 bridgehead atoms. The van der Waals surface area contributed by atoms with Gasteiger partial charge in [0.15, 0.2) is 0 Å². The van der Waals surface area contributed by atoms with Gasteiger partial charge in [-0.05, 0) is 36.5 Å². The molecule has 1 aromatic heterocycles. The Hall–Kier alpha value is -1.65. The van der Waals surface area contributed by atoms with Gasteiger partial charge in [-0.1, -0.05) is 45.4 Å². The van der Waals surface area contributed by atoms with Crippen molar-refractivity contribution in [2.75, 3.05) is 13.2 Å². The Labute approximate surface area is 150 Å². The molecule has 1 aromatic carbocycles. The summed E-state index contributed by atoms with van der Waals surface area (Å²) < 4.78 is 6.33. The molecular formula is C21H30N2O2. The fourth-order valence-electron chi connectivity index (χ4n) is 4.73. The second-order valence-corrected chi connectivity index (χ2v) is 7.35. The lowest BCUT2D eigenvalue weighted by Crippen LogP contribution is -2.53. The number of benzene rings is 1. The lowest BCUT2D eigenvalue weighted by Gasteiger charge is -2.55. The number of hydrogen-bond acceptors (Lipinski definition) is 3. The number of aliphatic hydroxyl groups excluding tert-OH is 1. The molecule has 4 heteroatoms. The largest absolute Gasteiger partial charge is 0.396 e. The van der Waals surface area contributed by atoms with Gasteiger partial charge in [0, 0.05) is 16.7 Å². The van der Waals surface area contributed by atoms with E-state index in [4.69, 9.17) is 4.74 Å². The van der Waals surface area contributed by atoms with Crippen LogP contribution in [-0.2, 0) is 4.74 Å². The molecule has 1 fully saturated rings. The molecule has 25 heavy (non-hydrogen) atoms. The predicted molar refractivity (Wildman–Crippen MR) is 101 cm³/mol. The van der Waals surface area contributed by atoms with E-state index in [1.54, 1.807) is 0 Å². The summed E-state index contributed by atoms with van der Waals surface area (Å²) in [7, 11) is 0. The van der Waals surface area contributed by atoms with Gasteiger partial charge in [0.25, 0.3) is 0 Å². The molecule has 5 unspecified atom stereocenters. The number of allylic oxidation sites excluding steroid dienone is 1. The van der Waals surface area contributed by atoms with Crippen molar-refractivity contribution in [3.8, 4) is 0 Å². The summed E-state index contributed by atoms with van der Waals surface area (Å²) in [6, 6.07) is 6.38. The smallest absolute Gasteiger partial charge is 0.0893 e. The minimum Gasteiger partial charge on any atom is -0.396 e. The van der Waals surface area contributed by atoms with E-state index in [0.717, 1.165) is 10.9 Å². The Morgan fingerprint density at radius 2 is 2.08 bits per heavy atom. The molecule has 5 atom stereocenters. The highest BCUT2D eigenvalue weighted by Crippen LogP contribution is 2.56. The zero-order valence-corrected chi connectivity index (χ0v) is 15.9. The van der Waals surface area contributed by atoms with Crippen LogP contribution >= 0.6 is 0 Å². The van der Waals surface area contributed by atoms with Gasteiger partial charge in [0.1, 0.15) is 0 Å². The molecule has 136 valence electrons. The Morgan fingerprint density at radius 3 is 2.80 bits per heavy atom. The van der Waals surface area contributed by atoms with Gasteiger partial charge in [-0.25, -0.2) is 0 Å². The van der Waals surface area contributed by atoms with Crippen molar-refractivity contribution >= 4 is 10.9 Å². The molecule has 0 amide bonds. The van der Waals surface area contributed by atoms with Crippen molar-refractivity contribution in [3.05, 3.63) is 41.6 Å². The minimum absolute atomic E-state index is 0.0488. The third-order valence-electron chi connectivity index (χ3n) is 6.34. The number of aliphatic hydroxyl groups is 1. The lowest BCUT2D eigenvalue weighted by molar-refractivity contribution is -0.165. The van der Waals surface area contributed by atoms with Crippen LogP contribution in [0.25, 0.3) is 10.9 Å². The number of nitrogens with one attached hydrogen (secondary N) is 1. The highest BCUT2D eigenvalue weighted by Gasteiger charge is 2.53. The van der Waals surface area contributed by atoms with Crippen molar-refractivity contribution in [1.29, 1.82) is 0 Å². The SMILES string of the molecule is CC.CC1=CC(C)C2(CO)COC(c3ccc4[nH]ncc4c3)C1C2C. The van der Waals surface area contributed by atoms with E-state index in [1.165, 1.54) is 11.1 Å². The van der Waals surface area contributed by atoms with Crippen LogP contribution in [-0.4, -0.2) is 28.5 Å². The summed E-state index contributed by atoms with van der Waals surface area (Å²) in [5.41, 5.74) is 3.47. The fourth-order valence-corrected chi connectivity index (χ4v) is 4.73. The van der Waals surface area contributed by atoms with Crippen LogP contribution in [0.5, 0.6) is 0 Å². The number of fused-ring (bicyclic) bond motifs is 3. The van der Waals surface area contributed by atoms with E-state index in [1.807, 2.05) is 20.0 Å². The van der Waals surface area contributed by atoms with E-state index in [0.29, 0.717) is 24.4 Å². The average Bonchev–Trinajstić information content (AvgIpc) is 3.09. The van der Waals surface area contributed by atoms with Crippen molar-refractivity contribution in [2.24, 2.45) is 23.2 Å². The number of aromatic nitrogens is 2. The van der Waals surface area contributed by atoms with E-state index < -0.39 is 0 Å². The molecule has 2 N–H and O–H groups in total. The van der Waals surface area contributed by atoms with Crippen molar-refractivity contribution in [3.63, 3.8) is 0 Å². The monoisotopic (exact) mass is 342 g/mol. The maximum Gasteiger partial charge on any atom is 0.0893 e. The molecule has 0 saturated carbocycles. The van der Waals surface area contributed by atoms with E-state index in [-0.39, 0.29) is 18.1 Å². The third kappa shape index (κ3) is 2.72. The third-order valence-corrected chi connectivity index (χ3v) is 6.34. The van der Waals surface area contributed by atoms with Crippen LogP contribution < -0.4 is 0 Å². The molecule has 2 aliphatic rings. The van der Waals surface area contributed by atoms with Gasteiger partial charge in [-0.15, -0.1) is 0 Å². The first-order valence-electron chi connectivity index (χ1n) is 9.40. The molecule has 1 aliphatic carbocycles. The van der Waals surface area contributed by atoms with Crippen LogP contribution in [0, 0.1) is 23.2 Å². The summed E-state index contributed by atoms with van der Waals surface area (Å²) in [6.45, 7) is 11.5. The lowest BCUT2D eigenvalue weighted by atomic mass is 9.56. The second kappa shape index (κ2) is 6.93. The molecule has 1 aliphatic heterocycles. The van der Waals surface area contributed by atoms with E-state index >= 15 is 0 Å². The fraction of sp³-hybridized carbons (Fsp3) is 0.571. The Balaban J connectivity index is 0.000000880. The first-order valence-corrected chi connectivity index (χ1v) is 9.40. The summed E-state index contributed by atoms with van der Waals surface area (Å²) in [5.74, 6) is 1.05. The Bertz CT molecular complexity index is 766. The molecule has 4 rings (SSSR count). The van der Waals surface area contributed by atoms with Gasteiger partial charge in [-0.3, -0.25) is 5.10 Å². The highest BCUT2D eigenvalue weighted by atomic mass is 16.5. The first kappa shape index (κ1) is 18.2. The molecule has 0 spiro atoms. The van der Waals surface area contributed by atoms with Crippen LogP contribution in [0.4, 0.5) is 0 Å². The van der Waals surface area contributed by atoms with Gasteiger partial charge in [-0.2, -0.15) is 5.10 Å². The molecular weight excluding hydrogens is 312 g/mol. The molecule has 1 saturated heterocycles. The van der Waals surface area contributed by atoms with Crippen molar-refractivity contribution in [2.45, 2.75) is 40.7 Å². The van der Waals surface area contributed by atoms with E-state index in [9.17, 15) is 5.11 Å². The Morgan fingerprint density at radius 1 is 1.32 bits per heavy atom. The zero-order chi connectivity index (χ0) is 18.2. The van der Waals surface area contributed by atoms with Crippen LogP contribution in [0.15, 0.2) is 36.0 Å². The van der Waals surface area contributed by atoms with Crippen LogP contribution in [0.2, 0.25) is 0 Å². The maximum atomic E-state index is 10.1. The van der Waals surface area contributed by atoms with Crippen LogP contribution in [0.3, 0.4) is 0 Å². The molecule has 4 nitrogen and oxygen atoms in total. The van der Waals surface area contributed by atoms with Crippen molar-refractivity contribution in [1.82, 2.24) is 10.2 Å². The van der Waals surface area contributed by atoms with Crippen LogP contribution in [0.1, 0.15) is 46.3 Å². The highest BCUT2D eigenvalue weighted by molar-refractivity contribution is 5.78. The molecule has 0 radical (unpaired) electrons. The number of aromatic amines is 1. The van der Waals surface area contributed by atoms with Gasteiger partial charge in [0.05, 0.1) is 31.0 Å². The van der Waals surface area contributed by atoms with E-state index in [2.05, 4.69) is 55.2 Å². The summed E-state index contributed by atoms with van der Waals surface area (Å²) in [6.07, 6.45) is 4.24. The minimum atomic E-state index is -0.152. The second-order valence-electron chi connectivity index (χ2n) is 7.35. The summed E-state index contributed by atoms with van der Waals surface area (Å²) >= 11 is 0.